The van der Waals surface area contributed by atoms with Crippen LogP contribution in [-0.4, -0.2) is 62.7 Å². The van der Waals surface area contributed by atoms with Crippen molar-refractivity contribution in [2.24, 2.45) is 5.92 Å². The number of amides is 4. The first kappa shape index (κ1) is 23.2. The van der Waals surface area contributed by atoms with E-state index < -0.39 is 11.8 Å². The molecule has 0 atom stereocenters. The van der Waals surface area contributed by atoms with Gasteiger partial charge in [-0.15, -0.1) is 0 Å². The minimum absolute atomic E-state index is 0.182. The molecule has 2 aliphatic rings. The molecule has 0 bridgehead atoms. The van der Waals surface area contributed by atoms with Gasteiger partial charge in [0.05, 0.1) is 12.8 Å². The molecule has 180 valence electrons. The number of fused-ring (bicyclic) bond motifs is 1. The van der Waals surface area contributed by atoms with Crippen molar-refractivity contribution in [2.75, 3.05) is 50.6 Å². The topological polar surface area (TPSA) is 118 Å². The lowest BCUT2D eigenvalue weighted by atomic mass is 9.97. The Morgan fingerprint density at radius 3 is 2.47 bits per heavy atom. The van der Waals surface area contributed by atoms with Gasteiger partial charge >= 0.3 is 17.8 Å². The predicted octanol–water partition coefficient (Wildman–Crippen LogP) is 2.47. The van der Waals surface area contributed by atoms with Crippen LogP contribution in [0.1, 0.15) is 12.8 Å². The number of para-hydroxylation sites is 2. The average molecular weight is 469 g/mol. The highest BCUT2D eigenvalue weighted by Gasteiger charge is 2.25. The summed E-state index contributed by atoms with van der Waals surface area (Å²) in [6, 6.07) is 12.0. The van der Waals surface area contributed by atoms with Crippen LogP contribution in [0.3, 0.4) is 0 Å². The lowest BCUT2D eigenvalue weighted by Gasteiger charge is -2.32. The van der Waals surface area contributed by atoms with Crippen LogP contribution in [-0.2, 0) is 9.59 Å². The Labute approximate surface area is 197 Å². The lowest BCUT2D eigenvalue weighted by Crippen LogP contribution is -2.44. The van der Waals surface area contributed by atoms with Gasteiger partial charge in [-0.2, -0.15) is 0 Å². The van der Waals surface area contributed by atoms with Gasteiger partial charge in [0.15, 0.2) is 11.5 Å². The Hall–Kier alpha value is -3.95. The van der Waals surface area contributed by atoms with Crippen LogP contribution in [0, 0.1) is 5.92 Å². The maximum Gasteiger partial charge on any atom is 0.321 e. The predicted molar refractivity (Wildman–Crippen MR) is 125 cm³/mol. The minimum Gasteiger partial charge on any atom is -0.495 e. The monoisotopic (exact) mass is 468 g/mol. The van der Waals surface area contributed by atoms with Gasteiger partial charge in [-0.05, 0) is 43.0 Å². The van der Waals surface area contributed by atoms with E-state index in [-0.39, 0.29) is 11.9 Å². The SMILES string of the molecule is COc1ccccc1NC(=O)N1CCC(CNC(=O)C(=O)Nc2ccc3c(c2)OCCO3)CC1. The number of rotatable bonds is 5. The normalized spacial score (nSPS) is 15.3. The third-order valence-corrected chi connectivity index (χ3v) is 5.81. The smallest absolute Gasteiger partial charge is 0.321 e. The first-order valence-corrected chi connectivity index (χ1v) is 11.2. The fourth-order valence-electron chi connectivity index (χ4n) is 3.91. The number of carbonyl (C=O) groups is 3. The van der Waals surface area contributed by atoms with Crippen LogP contribution in [0.15, 0.2) is 42.5 Å². The van der Waals surface area contributed by atoms with Crippen LogP contribution >= 0.6 is 0 Å². The summed E-state index contributed by atoms with van der Waals surface area (Å²) in [5, 5.41) is 8.14. The van der Waals surface area contributed by atoms with Crippen LogP contribution in [0.2, 0.25) is 0 Å². The molecule has 34 heavy (non-hydrogen) atoms. The molecule has 3 N–H and O–H groups in total. The third-order valence-electron chi connectivity index (χ3n) is 5.81. The van der Waals surface area contributed by atoms with Crippen molar-refractivity contribution in [3.05, 3.63) is 42.5 Å². The highest BCUT2D eigenvalue weighted by atomic mass is 16.6. The summed E-state index contributed by atoms with van der Waals surface area (Å²) in [6.07, 6.45) is 1.45. The lowest BCUT2D eigenvalue weighted by molar-refractivity contribution is -0.136. The van der Waals surface area contributed by atoms with Gasteiger partial charge < -0.3 is 35.1 Å². The summed E-state index contributed by atoms with van der Waals surface area (Å²) < 4.78 is 16.2. The molecule has 0 spiro atoms. The van der Waals surface area contributed by atoms with Crippen LogP contribution < -0.4 is 30.2 Å². The molecule has 2 aromatic carbocycles. The Morgan fingerprint density at radius 2 is 1.71 bits per heavy atom. The molecular weight excluding hydrogens is 440 g/mol. The Kier molecular flexibility index (Phi) is 7.36. The number of hydrogen-bond donors (Lipinski definition) is 3. The molecule has 1 fully saturated rings. The quantitative estimate of drug-likeness (QED) is 0.580. The molecule has 2 heterocycles. The number of piperidine rings is 1. The highest BCUT2D eigenvalue weighted by Crippen LogP contribution is 2.32. The summed E-state index contributed by atoms with van der Waals surface area (Å²) in [5.41, 5.74) is 1.08. The third kappa shape index (κ3) is 5.69. The molecule has 10 heteroatoms. The number of urea groups is 1. The van der Waals surface area contributed by atoms with E-state index in [1.807, 2.05) is 12.1 Å². The van der Waals surface area contributed by atoms with Crippen molar-refractivity contribution >= 4 is 29.2 Å². The average Bonchev–Trinajstić information content (AvgIpc) is 2.87. The fourth-order valence-corrected chi connectivity index (χ4v) is 3.91. The van der Waals surface area contributed by atoms with Crippen molar-refractivity contribution in [2.45, 2.75) is 12.8 Å². The Bertz CT molecular complexity index is 1050. The van der Waals surface area contributed by atoms with E-state index in [2.05, 4.69) is 16.0 Å². The van der Waals surface area contributed by atoms with E-state index in [0.29, 0.717) is 61.5 Å². The molecule has 0 saturated carbocycles. The molecule has 2 aromatic rings. The number of ether oxygens (including phenoxy) is 3. The zero-order valence-corrected chi connectivity index (χ0v) is 19.0. The zero-order chi connectivity index (χ0) is 23.9. The molecule has 4 amide bonds. The number of benzene rings is 2. The summed E-state index contributed by atoms with van der Waals surface area (Å²) in [6.45, 7) is 2.41. The van der Waals surface area contributed by atoms with Gasteiger partial charge in [0.25, 0.3) is 0 Å². The number of methoxy groups -OCH3 is 1. The molecule has 10 nitrogen and oxygen atoms in total. The van der Waals surface area contributed by atoms with Crippen molar-refractivity contribution in [1.82, 2.24) is 10.2 Å². The molecule has 1 saturated heterocycles. The summed E-state index contributed by atoms with van der Waals surface area (Å²) >= 11 is 0. The molecule has 4 rings (SSSR count). The summed E-state index contributed by atoms with van der Waals surface area (Å²) in [4.78, 5) is 38.8. The van der Waals surface area contributed by atoms with Gasteiger partial charge in [0.1, 0.15) is 19.0 Å². The van der Waals surface area contributed by atoms with Crippen molar-refractivity contribution in [3.63, 3.8) is 0 Å². The second kappa shape index (κ2) is 10.8. The van der Waals surface area contributed by atoms with Crippen LogP contribution in [0.4, 0.5) is 16.2 Å². The van der Waals surface area contributed by atoms with Crippen molar-refractivity contribution in [1.29, 1.82) is 0 Å². The largest absolute Gasteiger partial charge is 0.495 e. The van der Waals surface area contributed by atoms with Crippen LogP contribution in [0.25, 0.3) is 0 Å². The Morgan fingerprint density at radius 1 is 0.971 bits per heavy atom. The summed E-state index contributed by atoms with van der Waals surface area (Å²) in [5.74, 6) is 0.475. The van der Waals surface area contributed by atoms with Gasteiger partial charge in [-0.1, -0.05) is 12.1 Å². The second-order valence-electron chi connectivity index (χ2n) is 8.08. The molecular formula is C24H28N4O6. The molecule has 0 unspecified atom stereocenters. The maximum absolute atomic E-state index is 12.6. The van der Waals surface area contributed by atoms with Gasteiger partial charge in [0.2, 0.25) is 0 Å². The number of likely N-dealkylation sites (tertiary alicyclic amines) is 1. The highest BCUT2D eigenvalue weighted by molar-refractivity contribution is 6.39. The van der Waals surface area contributed by atoms with E-state index in [9.17, 15) is 14.4 Å². The van der Waals surface area contributed by atoms with E-state index in [4.69, 9.17) is 14.2 Å². The molecule has 0 aliphatic carbocycles. The van der Waals surface area contributed by atoms with E-state index in [0.717, 1.165) is 12.8 Å². The number of anilines is 2. The number of carbonyl (C=O) groups excluding carboxylic acids is 3. The fraction of sp³-hybridized carbons (Fsp3) is 0.375. The number of nitrogens with zero attached hydrogens (tertiary/aromatic N) is 1. The molecule has 0 aromatic heterocycles. The number of hydrogen-bond acceptors (Lipinski definition) is 6. The minimum atomic E-state index is -0.745. The van der Waals surface area contributed by atoms with Gasteiger partial charge in [-0.3, -0.25) is 9.59 Å². The van der Waals surface area contributed by atoms with E-state index in [1.165, 1.54) is 0 Å². The van der Waals surface area contributed by atoms with E-state index in [1.54, 1.807) is 42.3 Å². The zero-order valence-electron chi connectivity index (χ0n) is 19.0. The van der Waals surface area contributed by atoms with Crippen LogP contribution in [0.5, 0.6) is 17.2 Å². The standard InChI is InChI=1S/C24H28N4O6/c1-32-19-5-3-2-4-18(19)27-24(31)28-10-8-16(9-11-28)15-25-22(29)23(30)26-17-6-7-20-21(14-17)34-13-12-33-20/h2-7,14,16H,8-13,15H2,1H3,(H,25,29)(H,26,30)(H,27,31). The Balaban J connectivity index is 1.19. The molecule has 2 aliphatic heterocycles. The molecule has 0 radical (unpaired) electrons. The van der Waals surface area contributed by atoms with E-state index >= 15 is 0 Å². The van der Waals surface area contributed by atoms with Crippen molar-refractivity contribution < 1.29 is 28.6 Å². The summed E-state index contributed by atoms with van der Waals surface area (Å²) in [7, 11) is 1.56. The first-order valence-electron chi connectivity index (χ1n) is 11.2. The first-order chi connectivity index (χ1) is 16.5. The number of nitrogens with one attached hydrogen (secondary N) is 3. The maximum atomic E-state index is 12.6. The second-order valence-corrected chi connectivity index (χ2v) is 8.08. The van der Waals surface area contributed by atoms with Crippen molar-refractivity contribution in [3.8, 4) is 17.2 Å². The van der Waals surface area contributed by atoms with Gasteiger partial charge in [0, 0.05) is 31.4 Å². The van der Waals surface area contributed by atoms with Gasteiger partial charge in [-0.25, -0.2) is 4.79 Å².